The molecule has 1 amide bonds. The molecular weight excluding hydrogens is 228 g/mol. The predicted molar refractivity (Wildman–Crippen MR) is 62.7 cm³/mol. The molecule has 1 unspecified atom stereocenters. The molecule has 0 radical (unpaired) electrons. The Morgan fingerprint density at radius 3 is 2.81 bits per heavy atom. The zero-order valence-corrected chi connectivity index (χ0v) is 10.4. The van der Waals surface area contributed by atoms with Gasteiger partial charge in [0.15, 0.2) is 9.84 Å². The summed E-state index contributed by atoms with van der Waals surface area (Å²) in [7, 11) is -2.97. The lowest BCUT2D eigenvalue weighted by molar-refractivity contribution is -0.123. The summed E-state index contributed by atoms with van der Waals surface area (Å²) in [6.07, 6.45) is 2.82. The van der Waals surface area contributed by atoms with E-state index in [1.165, 1.54) is 0 Å². The van der Waals surface area contributed by atoms with Crippen molar-refractivity contribution in [2.75, 3.05) is 11.5 Å². The molecule has 0 bridgehead atoms. The van der Waals surface area contributed by atoms with Crippen LogP contribution in [0.3, 0.4) is 0 Å². The van der Waals surface area contributed by atoms with Gasteiger partial charge in [-0.15, -0.1) is 0 Å². The Morgan fingerprint density at radius 2 is 2.25 bits per heavy atom. The van der Waals surface area contributed by atoms with Gasteiger partial charge in [0.2, 0.25) is 5.91 Å². The van der Waals surface area contributed by atoms with Crippen LogP contribution in [0.4, 0.5) is 0 Å². The van der Waals surface area contributed by atoms with Gasteiger partial charge in [0.25, 0.3) is 0 Å². The van der Waals surface area contributed by atoms with Crippen molar-refractivity contribution in [1.82, 2.24) is 5.32 Å². The molecule has 0 saturated carbocycles. The quantitative estimate of drug-likeness (QED) is 0.721. The topological polar surface area (TPSA) is 89.3 Å². The van der Waals surface area contributed by atoms with Crippen molar-refractivity contribution >= 4 is 15.7 Å². The van der Waals surface area contributed by atoms with Crippen molar-refractivity contribution < 1.29 is 13.2 Å². The molecule has 6 heteroatoms. The van der Waals surface area contributed by atoms with Gasteiger partial charge in [0, 0.05) is 6.04 Å². The molecule has 1 aliphatic rings. The van der Waals surface area contributed by atoms with E-state index in [2.05, 4.69) is 5.32 Å². The molecule has 0 aromatic carbocycles. The maximum Gasteiger partial charge on any atom is 0.237 e. The Labute approximate surface area is 96.7 Å². The fraction of sp³-hybridized carbons (Fsp3) is 0.900. The third-order valence-electron chi connectivity index (χ3n) is 2.75. The highest BCUT2D eigenvalue weighted by Gasteiger charge is 2.26. The van der Waals surface area contributed by atoms with Crippen LogP contribution >= 0.6 is 0 Å². The van der Waals surface area contributed by atoms with Crippen molar-refractivity contribution in [3.05, 3.63) is 0 Å². The lowest BCUT2D eigenvalue weighted by atomic mass is 10.1. The molecule has 0 aliphatic carbocycles. The number of hydrogen-bond acceptors (Lipinski definition) is 4. The molecule has 16 heavy (non-hydrogen) atoms. The normalized spacial score (nSPS) is 26.0. The SMILES string of the molecule is CCC[C@H](N)C(=O)NC1CCCS(=O)(=O)C1. The first-order valence-electron chi connectivity index (χ1n) is 5.71. The Bertz CT molecular complexity index is 340. The van der Waals surface area contributed by atoms with Crippen LogP contribution in [-0.4, -0.2) is 37.9 Å². The molecule has 5 nitrogen and oxygen atoms in total. The number of sulfone groups is 1. The summed E-state index contributed by atoms with van der Waals surface area (Å²) in [5.74, 6) is 0.0572. The van der Waals surface area contributed by atoms with Crippen molar-refractivity contribution in [1.29, 1.82) is 0 Å². The van der Waals surface area contributed by atoms with Crippen molar-refractivity contribution in [2.45, 2.75) is 44.7 Å². The minimum Gasteiger partial charge on any atom is -0.351 e. The average molecular weight is 248 g/mol. The zero-order valence-electron chi connectivity index (χ0n) is 9.61. The van der Waals surface area contributed by atoms with Crippen LogP contribution < -0.4 is 11.1 Å². The number of carbonyl (C=O) groups excluding carboxylic acids is 1. The van der Waals surface area contributed by atoms with Crippen LogP contribution in [0.15, 0.2) is 0 Å². The Balaban J connectivity index is 2.45. The third-order valence-corrected chi connectivity index (χ3v) is 4.57. The monoisotopic (exact) mass is 248 g/mol. The van der Waals surface area contributed by atoms with Gasteiger partial charge in [-0.3, -0.25) is 4.79 Å². The Kier molecular flexibility index (Phi) is 4.73. The maximum absolute atomic E-state index is 11.6. The molecule has 1 saturated heterocycles. The fourth-order valence-electron chi connectivity index (χ4n) is 1.89. The fourth-order valence-corrected chi connectivity index (χ4v) is 3.52. The predicted octanol–water partition coefficient (Wildman–Crippen LogP) is -0.193. The minimum absolute atomic E-state index is 0.0532. The zero-order chi connectivity index (χ0) is 12.2. The Hall–Kier alpha value is -0.620. The van der Waals surface area contributed by atoms with E-state index in [-0.39, 0.29) is 23.5 Å². The molecule has 0 aromatic rings. The lowest BCUT2D eigenvalue weighted by Crippen LogP contribution is -2.49. The van der Waals surface area contributed by atoms with Crippen LogP contribution in [0.1, 0.15) is 32.6 Å². The standard InChI is InChI=1S/C10H20N2O3S/c1-2-4-9(11)10(13)12-8-5-3-6-16(14,15)7-8/h8-9H,2-7,11H2,1H3,(H,12,13)/t8?,9-/m0/s1. The van der Waals surface area contributed by atoms with Crippen LogP contribution in [-0.2, 0) is 14.6 Å². The first-order valence-corrected chi connectivity index (χ1v) is 7.53. The number of nitrogens with two attached hydrogens (primary N) is 1. The summed E-state index contributed by atoms with van der Waals surface area (Å²) >= 11 is 0. The molecule has 2 atom stereocenters. The van der Waals surface area contributed by atoms with E-state index in [4.69, 9.17) is 5.73 Å². The van der Waals surface area contributed by atoms with Crippen LogP contribution in [0.25, 0.3) is 0 Å². The summed E-state index contributed by atoms with van der Waals surface area (Å²) in [6, 6.07) is -0.774. The Morgan fingerprint density at radius 1 is 1.56 bits per heavy atom. The van der Waals surface area contributed by atoms with Crippen molar-refractivity contribution in [3.8, 4) is 0 Å². The number of amides is 1. The number of hydrogen-bond donors (Lipinski definition) is 2. The maximum atomic E-state index is 11.6. The van der Waals surface area contributed by atoms with Gasteiger partial charge >= 0.3 is 0 Å². The molecule has 1 aliphatic heterocycles. The first-order chi connectivity index (χ1) is 7.44. The molecular formula is C10H20N2O3S. The van der Waals surface area contributed by atoms with E-state index < -0.39 is 15.9 Å². The summed E-state index contributed by atoms with van der Waals surface area (Å²) in [5.41, 5.74) is 5.65. The van der Waals surface area contributed by atoms with Gasteiger partial charge in [-0.25, -0.2) is 8.42 Å². The van der Waals surface area contributed by atoms with E-state index in [0.717, 1.165) is 12.8 Å². The smallest absolute Gasteiger partial charge is 0.237 e. The second-order valence-corrected chi connectivity index (χ2v) is 6.59. The van der Waals surface area contributed by atoms with Gasteiger partial charge in [0.05, 0.1) is 17.5 Å². The first kappa shape index (κ1) is 13.4. The molecule has 94 valence electrons. The van der Waals surface area contributed by atoms with Gasteiger partial charge in [0.1, 0.15) is 0 Å². The molecule has 1 rings (SSSR count). The van der Waals surface area contributed by atoms with Crippen LogP contribution in [0.5, 0.6) is 0 Å². The second-order valence-electron chi connectivity index (χ2n) is 4.36. The van der Waals surface area contributed by atoms with Crippen molar-refractivity contribution in [2.24, 2.45) is 5.73 Å². The third kappa shape index (κ3) is 4.09. The molecule has 0 spiro atoms. The molecule has 0 aromatic heterocycles. The molecule has 1 fully saturated rings. The van der Waals surface area contributed by atoms with E-state index in [1.54, 1.807) is 0 Å². The summed E-state index contributed by atoms with van der Waals surface area (Å²) in [6.45, 7) is 1.96. The summed E-state index contributed by atoms with van der Waals surface area (Å²) in [4.78, 5) is 11.6. The highest BCUT2D eigenvalue weighted by Crippen LogP contribution is 2.12. The minimum atomic E-state index is -2.97. The van der Waals surface area contributed by atoms with Crippen LogP contribution in [0, 0.1) is 0 Å². The highest BCUT2D eigenvalue weighted by atomic mass is 32.2. The highest BCUT2D eigenvalue weighted by molar-refractivity contribution is 7.91. The number of carbonyl (C=O) groups is 1. The summed E-state index contributed by atoms with van der Waals surface area (Å²) in [5, 5.41) is 2.72. The average Bonchev–Trinajstić information content (AvgIpc) is 2.16. The largest absolute Gasteiger partial charge is 0.351 e. The van der Waals surface area contributed by atoms with E-state index in [0.29, 0.717) is 12.8 Å². The summed E-state index contributed by atoms with van der Waals surface area (Å²) < 4.78 is 22.7. The lowest BCUT2D eigenvalue weighted by Gasteiger charge is -2.24. The molecule has 1 heterocycles. The van der Waals surface area contributed by atoms with E-state index in [1.807, 2.05) is 6.92 Å². The van der Waals surface area contributed by atoms with Gasteiger partial charge < -0.3 is 11.1 Å². The number of rotatable bonds is 4. The van der Waals surface area contributed by atoms with Crippen molar-refractivity contribution in [3.63, 3.8) is 0 Å². The van der Waals surface area contributed by atoms with Gasteiger partial charge in [-0.2, -0.15) is 0 Å². The van der Waals surface area contributed by atoms with Gasteiger partial charge in [-0.1, -0.05) is 13.3 Å². The van der Waals surface area contributed by atoms with Gasteiger partial charge in [-0.05, 0) is 19.3 Å². The van der Waals surface area contributed by atoms with Crippen LogP contribution in [0.2, 0.25) is 0 Å². The van der Waals surface area contributed by atoms with E-state index >= 15 is 0 Å². The molecule has 3 N–H and O–H groups in total. The second kappa shape index (κ2) is 5.63. The number of nitrogens with one attached hydrogen (secondary N) is 1. The van der Waals surface area contributed by atoms with E-state index in [9.17, 15) is 13.2 Å².